The molecule has 0 saturated heterocycles. The Hall–Kier alpha value is -1.63. The smallest absolute Gasteiger partial charge is 0.108 e. The highest BCUT2D eigenvalue weighted by Gasteiger charge is 2.23. The summed E-state index contributed by atoms with van der Waals surface area (Å²) in [4.78, 5) is 0. The summed E-state index contributed by atoms with van der Waals surface area (Å²) in [6.45, 7) is 2.64. The molecule has 0 fully saturated rings. The molecule has 0 aliphatic heterocycles. The number of halogens is 1. The van der Waals surface area contributed by atoms with E-state index in [2.05, 4.69) is 39.4 Å². The van der Waals surface area contributed by atoms with Crippen LogP contribution in [0.2, 0.25) is 0 Å². The summed E-state index contributed by atoms with van der Waals surface area (Å²) in [7, 11) is 0. The zero-order valence-corrected chi connectivity index (χ0v) is 13.0. The van der Waals surface area contributed by atoms with Gasteiger partial charge in [-0.1, -0.05) is 58.4 Å². The molecule has 2 nitrogen and oxygen atoms in total. The monoisotopic (exact) mass is 328 g/mol. The van der Waals surface area contributed by atoms with Crippen LogP contribution in [-0.2, 0) is 13.0 Å². The minimum absolute atomic E-state index is 0.566. The van der Waals surface area contributed by atoms with Gasteiger partial charge in [-0.25, -0.2) is 0 Å². The maximum absolute atomic E-state index is 9.46. The first-order chi connectivity index (χ1) is 9.61. The topological polar surface area (TPSA) is 35.8 Å². The van der Waals surface area contributed by atoms with E-state index in [1.54, 1.807) is 0 Å². The Morgan fingerprint density at radius 2 is 1.70 bits per heavy atom. The van der Waals surface area contributed by atoms with E-state index in [-0.39, 0.29) is 0 Å². The van der Waals surface area contributed by atoms with Gasteiger partial charge in [-0.05, 0) is 30.2 Å². The van der Waals surface area contributed by atoms with E-state index in [0.717, 1.165) is 10.0 Å². The molecule has 0 amide bonds. The molecule has 20 heavy (non-hydrogen) atoms. The lowest BCUT2D eigenvalue weighted by atomic mass is 9.94. The molecule has 1 unspecified atom stereocenters. The fraction of sp³-hybridized carbons (Fsp3) is 0.235. The van der Waals surface area contributed by atoms with E-state index in [1.165, 1.54) is 5.56 Å². The third kappa shape index (κ3) is 4.19. The maximum Gasteiger partial charge on any atom is 0.108 e. The van der Waals surface area contributed by atoms with Gasteiger partial charge in [0.15, 0.2) is 0 Å². The first-order valence-corrected chi connectivity index (χ1v) is 7.35. The molecular weight excluding hydrogens is 312 g/mol. The van der Waals surface area contributed by atoms with Gasteiger partial charge in [0.2, 0.25) is 0 Å². The molecule has 0 radical (unpaired) electrons. The number of nitrogens with one attached hydrogen (secondary N) is 1. The van der Waals surface area contributed by atoms with Crippen LogP contribution in [0.15, 0.2) is 59.1 Å². The second kappa shape index (κ2) is 6.69. The highest BCUT2D eigenvalue weighted by molar-refractivity contribution is 9.10. The first-order valence-electron chi connectivity index (χ1n) is 6.56. The Morgan fingerprint density at radius 1 is 1.05 bits per heavy atom. The van der Waals surface area contributed by atoms with Crippen LogP contribution in [0.5, 0.6) is 0 Å². The molecule has 0 aliphatic carbocycles. The van der Waals surface area contributed by atoms with Crippen molar-refractivity contribution in [3.8, 4) is 6.07 Å². The number of hydrogen-bond acceptors (Lipinski definition) is 2. The van der Waals surface area contributed by atoms with E-state index >= 15 is 0 Å². The molecule has 2 aromatic rings. The van der Waals surface area contributed by atoms with Gasteiger partial charge >= 0.3 is 0 Å². The van der Waals surface area contributed by atoms with Crippen molar-refractivity contribution in [2.24, 2.45) is 0 Å². The zero-order chi connectivity index (χ0) is 14.4. The number of benzene rings is 2. The minimum atomic E-state index is -0.566. The average Bonchev–Trinajstić information content (AvgIpc) is 2.49. The van der Waals surface area contributed by atoms with Gasteiger partial charge in [0, 0.05) is 17.4 Å². The zero-order valence-electron chi connectivity index (χ0n) is 11.4. The molecule has 1 atom stereocenters. The molecule has 0 aliphatic rings. The number of nitrogens with zero attached hydrogens (tertiary/aromatic N) is 1. The summed E-state index contributed by atoms with van der Waals surface area (Å²) >= 11 is 3.42. The number of rotatable bonds is 5. The van der Waals surface area contributed by atoms with E-state index in [0.29, 0.717) is 13.0 Å². The Balaban J connectivity index is 2.02. The van der Waals surface area contributed by atoms with Crippen LogP contribution in [-0.4, -0.2) is 5.54 Å². The van der Waals surface area contributed by atoms with Crippen molar-refractivity contribution in [2.75, 3.05) is 0 Å². The van der Waals surface area contributed by atoms with Crippen molar-refractivity contribution in [2.45, 2.75) is 25.4 Å². The van der Waals surface area contributed by atoms with Gasteiger partial charge < -0.3 is 0 Å². The molecule has 1 N–H and O–H groups in total. The van der Waals surface area contributed by atoms with Crippen molar-refractivity contribution in [3.63, 3.8) is 0 Å². The van der Waals surface area contributed by atoms with Crippen molar-refractivity contribution in [3.05, 3.63) is 70.2 Å². The molecule has 3 heteroatoms. The summed E-state index contributed by atoms with van der Waals surface area (Å²) in [6, 6.07) is 20.6. The van der Waals surface area contributed by atoms with Crippen LogP contribution >= 0.6 is 15.9 Å². The van der Waals surface area contributed by atoms with Crippen LogP contribution in [0.1, 0.15) is 18.1 Å². The average molecular weight is 329 g/mol. The van der Waals surface area contributed by atoms with Gasteiger partial charge in [-0.3, -0.25) is 5.32 Å². The Bertz CT molecular complexity index is 587. The molecule has 2 rings (SSSR count). The summed E-state index contributed by atoms with van der Waals surface area (Å²) in [5.74, 6) is 0. The SMILES string of the molecule is CC(C#N)(Cc1ccc(Br)cc1)NCc1ccccc1. The first kappa shape index (κ1) is 14.8. The lowest BCUT2D eigenvalue weighted by molar-refractivity contribution is 0.443. The van der Waals surface area contributed by atoms with Crippen LogP contribution in [0.25, 0.3) is 0 Å². The summed E-state index contributed by atoms with van der Waals surface area (Å²) in [5.41, 5.74) is 1.77. The second-order valence-electron chi connectivity index (χ2n) is 5.09. The molecule has 102 valence electrons. The predicted molar refractivity (Wildman–Crippen MR) is 85.1 cm³/mol. The third-order valence-corrected chi connectivity index (χ3v) is 3.77. The van der Waals surface area contributed by atoms with Crippen molar-refractivity contribution < 1.29 is 0 Å². The summed E-state index contributed by atoms with van der Waals surface area (Å²) in [5, 5.41) is 12.8. The molecule has 0 bridgehead atoms. The standard InChI is InChI=1S/C17H17BrN2/c1-17(13-19,11-14-7-9-16(18)10-8-14)20-12-15-5-3-2-4-6-15/h2-10,20H,11-12H2,1H3. The Morgan fingerprint density at radius 3 is 2.30 bits per heavy atom. The quantitative estimate of drug-likeness (QED) is 0.898. The lowest BCUT2D eigenvalue weighted by Crippen LogP contribution is -2.42. The van der Waals surface area contributed by atoms with Crippen molar-refractivity contribution >= 4 is 15.9 Å². The Kier molecular flexibility index (Phi) is 4.94. The van der Waals surface area contributed by atoms with E-state index < -0.39 is 5.54 Å². The molecule has 0 saturated carbocycles. The van der Waals surface area contributed by atoms with Gasteiger partial charge in [-0.2, -0.15) is 5.26 Å². The van der Waals surface area contributed by atoms with Crippen LogP contribution in [0, 0.1) is 11.3 Å². The highest BCUT2D eigenvalue weighted by atomic mass is 79.9. The number of nitriles is 1. The highest BCUT2D eigenvalue weighted by Crippen LogP contribution is 2.16. The van der Waals surface area contributed by atoms with Crippen LogP contribution in [0.3, 0.4) is 0 Å². The maximum atomic E-state index is 9.46. The summed E-state index contributed by atoms with van der Waals surface area (Å²) in [6.07, 6.45) is 0.684. The minimum Gasteiger partial charge on any atom is -0.295 e. The molecule has 2 aromatic carbocycles. The molecule has 0 aromatic heterocycles. The molecule has 0 heterocycles. The fourth-order valence-electron chi connectivity index (χ4n) is 2.05. The van der Waals surface area contributed by atoms with Gasteiger partial charge in [0.1, 0.15) is 5.54 Å². The van der Waals surface area contributed by atoms with E-state index in [9.17, 15) is 5.26 Å². The van der Waals surface area contributed by atoms with Crippen LogP contribution < -0.4 is 5.32 Å². The van der Waals surface area contributed by atoms with Crippen molar-refractivity contribution in [1.82, 2.24) is 5.32 Å². The molecular formula is C17H17BrN2. The van der Waals surface area contributed by atoms with Gasteiger partial charge in [0.05, 0.1) is 6.07 Å². The van der Waals surface area contributed by atoms with Gasteiger partial charge in [-0.15, -0.1) is 0 Å². The Labute approximate surface area is 128 Å². The van der Waals surface area contributed by atoms with Gasteiger partial charge in [0.25, 0.3) is 0 Å². The second-order valence-corrected chi connectivity index (χ2v) is 6.00. The normalized spacial score (nSPS) is 13.4. The third-order valence-electron chi connectivity index (χ3n) is 3.24. The molecule has 0 spiro atoms. The largest absolute Gasteiger partial charge is 0.295 e. The van der Waals surface area contributed by atoms with E-state index in [1.807, 2.05) is 49.4 Å². The predicted octanol–water partition coefficient (Wildman–Crippen LogP) is 4.06. The number of hydrogen-bond donors (Lipinski definition) is 1. The summed E-state index contributed by atoms with van der Waals surface area (Å²) < 4.78 is 1.05. The van der Waals surface area contributed by atoms with Crippen molar-refractivity contribution in [1.29, 1.82) is 5.26 Å². The lowest BCUT2D eigenvalue weighted by Gasteiger charge is -2.23. The fourth-order valence-corrected chi connectivity index (χ4v) is 2.31. The van der Waals surface area contributed by atoms with E-state index in [4.69, 9.17) is 0 Å². The van der Waals surface area contributed by atoms with Crippen LogP contribution in [0.4, 0.5) is 0 Å².